The molecule has 4 atom stereocenters. The number of nitrogens with zero attached hydrogens (tertiary/aromatic N) is 2. The van der Waals surface area contributed by atoms with Crippen molar-refractivity contribution in [3.63, 3.8) is 0 Å². The van der Waals surface area contributed by atoms with Gasteiger partial charge in [-0.2, -0.15) is 0 Å². The number of hydrogen-bond donors (Lipinski definition) is 0. The first kappa shape index (κ1) is 29.6. The number of ether oxygens (including phenoxy) is 2. The fourth-order valence-electron chi connectivity index (χ4n) is 7.51. The maximum atomic E-state index is 14.4. The number of carbonyl (C=O) groups is 3. The van der Waals surface area contributed by atoms with Gasteiger partial charge in [0.2, 0.25) is 11.8 Å². The molecule has 2 amide bonds. The van der Waals surface area contributed by atoms with Gasteiger partial charge in [0.25, 0.3) is 0 Å². The van der Waals surface area contributed by atoms with Crippen molar-refractivity contribution in [2.24, 2.45) is 23.2 Å². The SMILES string of the molecule is COC(=O)[C@]12C[C@H](CC(=O)N3CCC(c4ccccc4)CC3)C(=O)N(Cc3ccccc3)C1=C[C@H](C(C)C)O[C@@H]2C1CC1. The Balaban J connectivity index is 1.31. The molecule has 0 unspecified atom stereocenters. The minimum Gasteiger partial charge on any atom is -0.468 e. The largest absolute Gasteiger partial charge is 0.468 e. The Hall–Kier alpha value is -3.45. The number of rotatable bonds is 8. The predicted octanol–water partition coefficient (Wildman–Crippen LogP) is 5.71. The van der Waals surface area contributed by atoms with Crippen LogP contribution in [0.5, 0.6) is 0 Å². The fourth-order valence-corrected chi connectivity index (χ4v) is 7.51. The van der Waals surface area contributed by atoms with Crippen LogP contribution in [0.1, 0.15) is 69.4 Å². The first-order chi connectivity index (χ1) is 20.8. The second kappa shape index (κ2) is 12.3. The molecule has 0 radical (unpaired) electrons. The van der Waals surface area contributed by atoms with Gasteiger partial charge < -0.3 is 19.3 Å². The van der Waals surface area contributed by atoms with Crippen molar-refractivity contribution in [1.29, 1.82) is 0 Å². The smallest absolute Gasteiger partial charge is 0.320 e. The van der Waals surface area contributed by atoms with Gasteiger partial charge >= 0.3 is 5.97 Å². The van der Waals surface area contributed by atoms with E-state index in [9.17, 15) is 14.4 Å². The molecule has 3 heterocycles. The molecule has 1 aliphatic carbocycles. The van der Waals surface area contributed by atoms with E-state index in [1.165, 1.54) is 12.7 Å². The zero-order valence-corrected chi connectivity index (χ0v) is 25.6. The third-order valence-electron chi connectivity index (χ3n) is 10.0. The topological polar surface area (TPSA) is 76.2 Å². The Morgan fingerprint density at radius 3 is 2.23 bits per heavy atom. The van der Waals surface area contributed by atoms with Crippen LogP contribution in [0.4, 0.5) is 0 Å². The van der Waals surface area contributed by atoms with Gasteiger partial charge in [-0.25, -0.2) is 0 Å². The van der Waals surface area contributed by atoms with E-state index < -0.39 is 17.4 Å². The summed E-state index contributed by atoms with van der Waals surface area (Å²) >= 11 is 0. The highest BCUT2D eigenvalue weighted by atomic mass is 16.5. The van der Waals surface area contributed by atoms with Crippen molar-refractivity contribution in [2.45, 2.75) is 77.0 Å². The number of benzene rings is 2. The Kier molecular flexibility index (Phi) is 8.45. The summed E-state index contributed by atoms with van der Waals surface area (Å²) in [6.45, 7) is 5.88. The van der Waals surface area contributed by atoms with Crippen LogP contribution in [-0.4, -0.2) is 60.0 Å². The highest BCUT2D eigenvalue weighted by Gasteiger charge is 2.64. The van der Waals surface area contributed by atoms with Gasteiger partial charge in [-0.05, 0) is 67.1 Å². The molecule has 3 aliphatic heterocycles. The van der Waals surface area contributed by atoms with E-state index in [2.05, 4.69) is 38.1 Å². The molecular formula is C36H44N2O5. The highest BCUT2D eigenvalue weighted by Crippen LogP contribution is 2.56. The number of amides is 2. The zero-order chi connectivity index (χ0) is 30.1. The lowest BCUT2D eigenvalue weighted by Crippen LogP contribution is -2.61. The third-order valence-corrected chi connectivity index (χ3v) is 10.0. The van der Waals surface area contributed by atoms with Crippen LogP contribution in [0.15, 0.2) is 72.4 Å². The number of hydrogen-bond acceptors (Lipinski definition) is 5. The number of likely N-dealkylation sites (tertiary alicyclic amines) is 2. The molecule has 7 nitrogen and oxygen atoms in total. The van der Waals surface area contributed by atoms with E-state index in [0.29, 0.717) is 31.2 Å². The van der Waals surface area contributed by atoms with Crippen molar-refractivity contribution in [3.05, 3.63) is 83.6 Å². The summed E-state index contributed by atoms with van der Waals surface area (Å²) in [5, 5.41) is 0. The Morgan fingerprint density at radius 2 is 1.63 bits per heavy atom. The van der Waals surface area contributed by atoms with E-state index >= 15 is 0 Å². The van der Waals surface area contributed by atoms with Crippen LogP contribution >= 0.6 is 0 Å². The van der Waals surface area contributed by atoms with Gasteiger partial charge in [-0.15, -0.1) is 0 Å². The van der Waals surface area contributed by atoms with Crippen LogP contribution < -0.4 is 0 Å². The van der Waals surface area contributed by atoms with E-state index in [0.717, 1.165) is 31.2 Å². The number of piperidine rings is 2. The minimum atomic E-state index is -1.13. The molecule has 7 heteroatoms. The Bertz CT molecular complexity index is 1350. The molecule has 4 aliphatic rings. The molecule has 228 valence electrons. The van der Waals surface area contributed by atoms with Crippen LogP contribution in [-0.2, 0) is 30.4 Å². The highest BCUT2D eigenvalue weighted by molar-refractivity contribution is 5.93. The predicted molar refractivity (Wildman–Crippen MR) is 163 cm³/mol. The van der Waals surface area contributed by atoms with E-state index in [4.69, 9.17) is 9.47 Å². The number of esters is 1. The second-order valence-electron chi connectivity index (χ2n) is 13.2. The summed E-state index contributed by atoms with van der Waals surface area (Å²) in [6, 6.07) is 20.3. The molecule has 43 heavy (non-hydrogen) atoms. The van der Waals surface area contributed by atoms with Gasteiger partial charge in [-0.3, -0.25) is 14.4 Å². The van der Waals surface area contributed by atoms with Crippen LogP contribution in [0, 0.1) is 23.2 Å². The average molecular weight is 585 g/mol. The summed E-state index contributed by atoms with van der Waals surface area (Å²) in [6.07, 6.45) is 5.47. The maximum Gasteiger partial charge on any atom is 0.320 e. The summed E-state index contributed by atoms with van der Waals surface area (Å²) in [5.41, 5.74) is 1.86. The van der Waals surface area contributed by atoms with Crippen molar-refractivity contribution in [1.82, 2.24) is 9.80 Å². The molecular weight excluding hydrogens is 540 g/mol. The van der Waals surface area contributed by atoms with E-state index in [1.54, 1.807) is 4.90 Å². The zero-order valence-electron chi connectivity index (χ0n) is 25.6. The van der Waals surface area contributed by atoms with Gasteiger partial charge in [0.15, 0.2) is 0 Å². The quantitative estimate of drug-likeness (QED) is 0.372. The Morgan fingerprint density at radius 1 is 0.977 bits per heavy atom. The van der Waals surface area contributed by atoms with Crippen molar-refractivity contribution >= 4 is 17.8 Å². The summed E-state index contributed by atoms with van der Waals surface area (Å²) in [5.74, 6) is -0.284. The fraction of sp³-hybridized carbons (Fsp3) is 0.528. The molecule has 0 N–H and O–H groups in total. The van der Waals surface area contributed by atoms with Crippen molar-refractivity contribution in [3.8, 4) is 0 Å². The van der Waals surface area contributed by atoms with Gasteiger partial charge in [0, 0.05) is 31.1 Å². The number of fused-ring (bicyclic) bond motifs is 1. The average Bonchev–Trinajstić information content (AvgIpc) is 3.88. The van der Waals surface area contributed by atoms with Crippen molar-refractivity contribution in [2.75, 3.05) is 20.2 Å². The Labute approximate surface area is 255 Å². The molecule has 0 spiro atoms. The lowest BCUT2D eigenvalue weighted by Gasteiger charge is -2.53. The van der Waals surface area contributed by atoms with Crippen LogP contribution in [0.25, 0.3) is 0 Å². The summed E-state index contributed by atoms with van der Waals surface area (Å²) < 4.78 is 12.2. The standard InChI is InChI=1S/C36H44N2O5/c1-24(2)30-21-31-36(35(41)42-3,33(43-30)28-14-15-28)22-29(34(40)38(31)23-25-10-6-4-7-11-25)20-32(39)37-18-16-27(17-19-37)26-12-8-5-9-13-26/h4-13,21,24,27-30,33H,14-20,22-23H2,1-3H3/t29-,30+,33+,36+/m0/s1. The first-order valence-corrected chi connectivity index (χ1v) is 16.0. The normalized spacial score (nSPS) is 28.0. The second-order valence-corrected chi connectivity index (χ2v) is 13.2. The third kappa shape index (κ3) is 5.76. The molecule has 2 aromatic rings. The van der Waals surface area contributed by atoms with E-state index in [1.807, 2.05) is 47.4 Å². The molecule has 0 aromatic heterocycles. The molecule has 2 aromatic carbocycles. The maximum absolute atomic E-state index is 14.4. The van der Waals surface area contributed by atoms with Gasteiger partial charge in [0.1, 0.15) is 5.41 Å². The molecule has 6 rings (SSSR count). The van der Waals surface area contributed by atoms with Crippen LogP contribution in [0.2, 0.25) is 0 Å². The summed E-state index contributed by atoms with van der Waals surface area (Å²) in [4.78, 5) is 45.8. The molecule has 1 saturated carbocycles. The van der Waals surface area contributed by atoms with Crippen LogP contribution in [0.3, 0.4) is 0 Å². The minimum absolute atomic E-state index is 0.0169. The summed E-state index contributed by atoms with van der Waals surface area (Å²) in [7, 11) is 1.42. The monoisotopic (exact) mass is 584 g/mol. The lowest BCUT2D eigenvalue weighted by molar-refractivity contribution is -0.182. The van der Waals surface area contributed by atoms with Gasteiger partial charge in [0.05, 0.1) is 25.9 Å². The number of carbonyl (C=O) groups excluding carboxylic acids is 3. The molecule has 2 saturated heterocycles. The van der Waals surface area contributed by atoms with Crippen molar-refractivity contribution < 1.29 is 23.9 Å². The number of methoxy groups -OCH3 is 1. The first-order valence-electron chi connectivity index (χ1n) is 16.0. The molecule has 3 fully saturated rings. The van der Waals surface area contributed by atoms with E-state index in [-0.39, 0.29) is 48.6 Å². The molecule has 0 bridgehead atoms. The lowest BCUT2D eigenvalue weighted by atomic mass is 9.64. The van der Waals surface area contributed by atoms with Gasteiger partial charge in [-0.1, -0.05) is 74.5 Å².